The van der Waals surface area contributed by atoms with Gasteiger partial charge in [0.1, 0.15) is 0 Å². The van der Waals surface area contributed by atoms with Crippen LogP contribution in [0.1, 0.15) is 32.7 Å². The number of hydrogen-bond donors (Lipinski definition) is 2. The number of rotatable bonds is 6. The maximum Gasteiger partial charge on any atom is 0.255 e. The number of benzene rings is 2. The van der Waals surface area contributed by atoms with Crippen LogP contribution in [-0.2, 0) is 30.7 Å². The minimum absolute atomic E-state index is 0.0142. The summed E-state index contributed by atoms with van der Waals surface area (Å²) in [6.07, 6.45) is 2.57. The van der Waals surface area contributed by atoms with Crippen molar-refractivity contribution in [2.24, 2.45) is 0 Å². The van der Waals surface area contributed by atoms with Crippen LogP contribution in [0.3, 0.4) is 0 Å². The lowest BCUT2D eigenvalue weighted by Crippen LogP contribution is -2.37. The van der Waals surface area contributed by atoms with Crippen LogP contribution >= 0.6 is 0 Å². The third-order valence-corrected chi connectivity index (χ3v) is 5.17. The molecule has 3 aromatic rings. The highest BCUT2D eigenvalue weighted by molar-refractivity contribution is 5.95. The summed E-state index contributed by atoms with van der Waals surface area (Å²) in [7, 11) is 0. The van der Waals surface area contributed by atoms with Gasteiger partial charge in [-0.2, -0.15) is 5.10 Å². The van der Waals surface area contributed by atoms with Crippen molar-refractivity contribution in [3.8, 4) is 0 Å². The molecule has 4 rings (SSSR count). The van der Waals surface area contributed by atoms with E-state index in [1.807, 2.05) is 66.2 Å². The Balaban J connectivity index is 1.33. The van der Waals surface area contributed by atoms with E-state index < -0.39 is 0 Å². The summed E-state index contributed by atoms with van der Waals surface area (Å²) < 4.78 is 1.81. The van der Waals surface area contributed by atoms with Crippen molar-refractivity contribution in [1.82, 2.24) is 20.4 Å². The fourth-order valence-corrected chi connectivity index (χ4v) is 3.62. The average Bonchev–Trinajstić information content (AvgIpc) is 3.29. The zero-order chi connectivity index (χ0) is 20.2. The number of nitrogens with one attached hydrogen (secondary N) is 2. The summed E-state index contributed by atoms with van der Waals surface area (Å²) in [5, 5.41) is 10.3. The van der Waals surface area contributed by atoms with Crippen molar-refractivity contribution >= 4 is 11.8 Å². The van der Waals surface area contributed by atoms with E-state index >= 15 is 0 Å². The van der Waals surface area contributed by atoms with Gasteiger partial charge < -0.3 is 10.6 Å². The first kappa shape index (κ1) is 18.9. The Morgan fingerprint density at radius 2 is 1.83 bits per heavy atom. The molecule has 0 bridgehead atoms. The Morgan fingerprint density at radius 3 is 2.59 bits per heavy atom. The standard InChI is InChI=1S/C23H24N4O2/c1-16-7-9-17(10-8-16)11-22(28)26-19-12-21-20(14-25-27(21)15-19)23(29)24-13-18-5-3-2-4-6-18/h2-10,14,19H,11-13,15H2,1H3,(H,24,29)(H,26,28)/t19-/m0/s1. The molecule has 0 aliphatic carbocycles. The maximum absolute atomic E-state index is 12.6. The molecule has 1 aliphatic rings. The van der Waals surface area contributed by atoms with E-state index in [0.29, 0.717) is 31.5 Å². The highest BCUT2D eigenvalue weighted by Gasteiger charge is 2.28. The highest BCUT2D eigenvalue weighted by Crippen LogP contribution is 2.19. The molecule has 2 heterocycles. The van der Waals surface area contributed by atoms with E-state index in [4.69, 9.17) is 0 Å². The molecule has 1 aliphatic heterocycles. The van der Waals surface area contributed by atoms with Crippen LogP contribution < -0.4 is 10.6 Å². The minimum atomic E-state index is -0.137. The van der Waals surface area contributed by atoms with Gasteiger partial charge in [0.25, 0.3) is 5.91 Å². The van der Waals surface area contributed by atoms with Gasteiger partial charge >= 0.3 is 0 Å². The molecule has 0 unspecified atom stereocenters. The third kappa shape index (κ3) is 4.54. The quantitative estimate of drug-likeness (QED) is 0.681. The van der Waals surface area contributed by atoms with Gasteiger partial charge in [0, 0.05) is 13.0 Å². The fraction of sp³-hybridized carbons (Fsp3) is 0.261. The predicted octanol–water partition coefficient (Wildman–Crippen LogP) is 2.41. The smallest absolute Gasteiger partial charge is 0.255 e. The normalized spacial score (nSPS) is 15.0. The summed E-state index contributed by atoms with van der Waals surface area (Å²) in [6, 6.07) is 17.7. The Morgan fingerprint density at radius 1 is 1.07 bits per heavy atom. The van der Waals surface area contributed by atoms with E-state index in [2.05, 4.69) is 15.7 Å². The van der Waals surface area contributed by atoms with Crippen molar-refractivity contribution in [3.63, 3.8) is 0 Å². The molecule has 0 fully saturated rings. The lowest BCUT2D eigenvalue weighted by atomic mass is 10.1. The van der Waals surface area contributed by atoms with Crippen LogP contribution in [-0.4, -0.2) is 27.6 Å². The summed E-state index contributed by atoms with van der Waals surface area (Å²) in [5.74, 6) is -0.151. The SMILES string of the molecule is Cc1ccc(CC(=O)N[C@H]2Cc3c(C(=O)NCc4ccccc4)cnn3C2)cc1. The first-order valence-corrected chi connectivity index (χ1v) is 9.80. The van der Waals surface area contributed by atoms with Gasteiger partial charge in [0.15, 0.2) is 0 Å². The number of aryl methyl sites for hydroxylation is 1. The second-order valence-corrected chi connectivity index (χ2v) is 7.49. The van der Waals surface area contributed by atoms with Crippen LogP contribution in [0.25, 0.3) is 0 Å². The molecule has 6 nitrogen and oxygen atoms in total. The number of carbonyl (C=O) groups is 2. The van der Waals surface area contributed by atoms with Crippen LogP contribution in [0, 0.1) is 6.92 Å². The number of aromatic nitrogens is 2. The second-order valence-electron chi connectivity index (χ2n) is 7.49. The fourth-order valence-electron chi connectivity index (χ4n) is 3.62. The van der Waals surface area contributed by atoms with Crippen LogP contribution in [0.5, 0.6) is 0 Å². The van der Waals surface area contributed by atoms with Gasteiger partial charge in [-0.1, -0.05) is 60.2 Å². The summed E-state index contributed by atoms with van der Waals surface area (Å²) >= 11 is 0. The van der Waals surface area contributed by atoms with E-state index in [9.17, 15) is 9.59 Å². The molecule has 2 aromatic carbocycles. The number of nitrogens with zero attached hydrogens (tertiary/aromatic N) is 2. The van der Waals surface area contributed by atoms with Crippen molar-refractivity contribution in [2.75, 3.05) is 0 Å². The lowest BCUT2D eigenvalue weighted by Gasteiger charge is -2.12. The Bertz CT molecular complexity index is 1010. The second kappa shape index (κ2) is 8.31. The van der Waals surface area contributed by atoms with Crippen LogP contribution in [0.4, 0.5) is 0 Å². The first-order valence-electron chi connectivity index (χ1n) is 9.80. The Kier molecular flexibility index (Phi) is 5.42. The zero-order valence-corrected chi connectivity index (χ0v) is 16.4. The van der Waals surface area contributed by atoms with Gasteiger partial charge in [0.05, 0.1) is 36.5 Å². The van der Waals surface area contributed by atoms with E-state index in [-0.39, 0.29) is 17.9 Å². The van der Waals surface area contributed by atoms with Crippen LogP contribution in [0.15, 0.2) is 60.8 Å². The molecular weight excluding hydrogens is 364 g/mol. The van der Waals surface area contributed by atoms with E-state index in [1.54, 1.807) is 6.20 Å². The van der Waals surface area contributed by atoms with Gasteiger partial charge in [-0.25, -0.2) is 0 Å². The largest absolute Gasteiger partial charge is 0.351 e. The molecule has 0 saturated heterocycles. The van der Waals surface area contributed by atoms with Crippen molar-refractivity contribution in [3.05, 3.63) is 88.7 Å². The summed E-state index contributed by atoms with van der Waals surface area (Å²) in [4.78, 5) is 25.0. The molecule has 29 heavy (non-hydrogen) atoms. The minimum Gasteiger partial charge on any atom is -0.351 e. The lowest BCUT2D eigenvalue weighted by molar-refractivity contribution is -0.121. The van der Waals surface area contributed by atoms with Crippen LogP contribution in [0.2, 0.25) is 0 Å². The Hall–Kier alpha value is -3.41. The van der Waals surface area contributed by atoms with Gasteiger partial charge in [-0.15, -0.1) is 0 Å². The van der Waals surface area contributed by atoms with Crippen molar-refractivity contribution < 1.29 is 9.59 Å². The molecule has 0 spiro atoms. The Labute approximate surface area is 169 Å². The summed E-state index contributed by atoms with van der Waals surface area (Å²) in [6.45, 7) is 3.08. The number of fused-ring (bicyclic) bond motifs is 1. The van der Waals surface area contributed by atoms with Gasteiger partial charge in [-0.3, -0.25) is 14.3 Å². The number of amides is 2. The zero-order valence-electron chi connectivity index (χ0n) is 16.4. The molecule has 6 heteroatoms. The van der Waals surface area contributed by atoms with Gasteiger partial charge in [0.2, 0.25) is 5.91 Å². The third-order valence-electron chi connectivity index (χ3n) is 5.17. The summed E-state index contributed by atoms with van der Waals surface area (Å²) in [5.41, 5.74) is 4.66. The van der Waals surface area contributed by atoms with E-state index in [0.717, 1.165) is 16.8 Å². The molecule has 1 aromatic heterocycles. The average molecular weight is 388 g/mol. The number of hydrogen-bond acceptors (Lipinski definition) is 3. The predicted molar refractivity (Wildman–Crippen MR) is 110 cm³/mol. The topological polar surface area (TPSA) is 76.0 Å². The first-order chi connectivity index (χ1) is 14.1. The molecule has 0 radical (unpaired) electrons. The van der Waals surface area contributed by atoms with Crippen molar-refractivity contribution in [1.29, 1.82) is 0 Å². The highest BCUT2D eigenvalue weighted by atomic mass is 16.2. The molecule has 0 saturated carbocycles. The molecule has 2 N–H and O–H groups in total. The maximum atomic E-state index is 12.6. The molecular formula is C23H24N4O2. The monoisotopic (exact) mass is 388 g/mol. The van der Waals surface area contributed by atoms with E-state index in [1.165, 1.54) is 5.56 Å². The molecule has 2 amide bonds. The molecule has 148 valence electrons. The molecule has 1 atom stereocenters. The van der Waals surface area contributed by atoms with Gasteiger partial charge in [-0.05, 0) is 18.1 Å². The van der Waals surface area contributed by atoms with Crippen molar-refractivity contribution in [2.45, 2.75) is 38.9 Å². The number of carbonyl (C=O) groups excluding carboxylic acids is 2.